The van der Waals surface area contributed by atoms with Gasteiger partial charge >= 0.3 is 5.97 Å². The van der Waals surface area contributed by atoms with Crippen LogP contribution in [0, 0.1) is 0 Å². The van der Waals surface area contributed by atoms with E-state index in [9.17, 15) is 4.79 Å². The number of carbonyl (C=O) groups is 1. The molecule has 7 heteroatoms. The summed E-state index contributed by atoms with van der Waals surface area (Å²) in [6.07, 6.45) is -1.01. The monoisotopic (exact) mass is 470 g/mol. The minimum absolute atomic E-state index is 0.177. The summed E-state index contributed by atoms with van der Waals surface area (Å²) in [5, 5.41) is 0. The first kappa shape index (κ1) is 24.8. The summed E-state index contributed by atoms with van der Waals surface area (Å²) in [5.74, 6) is -1.07. The van der Waals surface area contributed by atoms with Crippen molar-refractivity contribution in [3.63, 3.8) is 0 Å². The number of esters is 1. The van der Waals surface area contributed by atoms with Crippen LogP contribution >= 0.6 is 0 Å². The van der Waals surface area contributed by atoms with Crippen LogP contribution in [0.3, 0.4) is 0 Å². The van der Waals surface area contributed by atoms with E-state index in [1.54, 1.807) is 6.92 Å². The van der Waals surface area contributed by atoms with Crippen molar-refractivity contribution in [1.29, 1.82) is 0 Å². The highest BCUT2D eigenvalue weighted by atomic mass is 16.8. The van der Waals surface area contributed by atoms with Crippen molar-refractivity contribution >= 4 is 5.97 Å². The zero-order valence-corrected chi connectivity index (χ0v) is 20.1. The van der Waals surface area contributed by atoms with Crippen LogP contribution in [0.5, 0.6) is 0 Å². The normalized spacial score (nSPS) is 27.4. The fourth-order valence-corrected chi connectivity index (χ4v) is 4.51. The van der Waals surface area contributed by atoms with Crippen molar-refractivity contribution in [3.05, 3.63) is 71.8 Å². The largest absolute Gasteiger partial charge is 0.466 e. The van der Waals surface area contributed by atoms with Gasteiger partial charge in [-0.25, -0.2) is 0 Å². The minimum atomic E-state index is -0.928. The summed E-state index contributed by atoms with van der Waals surface area (Å²) in [6, 6.07) is 19.9. The van der Waals surface area contributed by atoms with Gasteiger partial charge in [0.1, 0.15) is 17.8 Å². The molecule has 2 heterocycles. The fourth-order valence-electron chi connectivity index (χ4n) is 4.51. The lowest BCUT2D eigenvalue weighted by molar-refractivity contribution is -0.256. The molecule has 184 valence electrons. The molecule has 2 aliphatic heterocycles. The maximum Gasteiger partial charge on any atom is 0.305 e. The Morgan fingerprint density at radius 2 is 1.56 bits per heavy atom. The molecule has 0 bridgehead atoms. The standard InChI is InChI=1S/C27H34O7/c1-4-30-22(28)15-16-27(19-29-17-20-11-7-5-8-12-20)24(31-18-21-13-9-6-10-14-21)23-25(34-27)33-26(2,3)32-23/h5-14,23-25H,4,15-19H2,1-3H3/t23-,24+,25+,27-/m1/s1. The first-order valence-electron chi connectivity index (χ1n) is 11.9. The van der Waals surface area contributed by atoms with Crippen LogP contribution in [0.4, 0.5) is 0 Å². The van der Waals surface area contributed by atoms with Crippen LogP contribution in [-0.4, -0.2) is 49.1 Å². The van der Waals surface area contributed by atoms with Crippen LogP contribution in [0.2, 0.25) is 0 Å². The Labute approximate surface area is 201 Å². The molecule has 0 N–H and O–H groups in total. The van der Waals surface area contributed by atoms with Crippen LogP contribution in [0.25, 0.3) is 0 Å². The SMILES string of the molecule is CCOC(=O)CC[C@]1(COCc2ccccc2)O[C@@H]2OC(C)(C)O[C@@H]2[C@@H]1OCc1ccccc1. The first-order chi connectivity index (χ1) is 16.4. The van der Waals surface area contributed by atoms with Gasteiger partial charge in [-0.1, -0.05) is 60.7 Å². The van der Waals surface area contributed by atoms with E-state index in [4.69, 9.17) is 28.4 Å². The maximum absolute atomic E-state index is 12.3. The van der Waals surface area contributed by atoms with Gasteiger partial charge in [-0.2, -0.15) is 0 Å². The highest BCUT2D eigenvalue weighted by Gasteiger charge is 2.62. The fraction of sp³-hybridized carbons (Fsp3) is 0.519. The summed E-state index contributed by atoms with van der Waals surface area (Å²) >= 11 is 0. The van der Waals surface area contributed by atoms with E-state index in [0.29, 0.717) is 26.2 Å². The van der Waals surface area contributed by atoms with E-state index < -0.39 is 29.9 Å². The second kappa shape index (κ2) is 11.0. The molecule has 2 aromatic carbocycles. The predicted octanol–water partition coefficient (Wildman–Crippen LogP) is 4.38. The second-order valence-electron chi connectivity index (χ2n) is 9.15. The van der Waals surface area contributed by atoms with Gasteiger partial charge in [0.15, 0.2) is 12.1 Å². The van der Waals surface area contributed by atoms with Gasteiger partial charge in [0.25, 0.3) is 0 Å². The van der Waals surface area contributed by atoms with Crippen molar-refractivity contribution in [2.45, 2.75) is 76.7 Å². The Morgan fingerprint density at radius 1 is 0.912 bits per heavy atom. The van der Waals surface area contributed by atoms with Gasteiger partial charge in [0.05, 0.1) is 26.4 Å². The number of ether oxygens (including phenoxy) is 6. The van der Waals surface area contributed by atoms with Gasteiger partial charge < -0.3 is 28.4 Å². The van der Waals surface area contributed by atoms with Crippen molar-refractivity contribution in [2.24, 2.45) is 0 Å². The summed E-state index contributed by atoms with van der Waals surface area (Å²) in [6.45, 7) is 6.85. The third-order valence-corrected chi connectivity index (χ3v) is 6.04. The molecule has 2 fully saturated rings. The van der Waals surface area contributed by atoms with E-state index >= 15 is 0 Å². The molecule has 4 rings (SSSR count). The Balaban J connectivity index is 1.54. The van der Waals surface area contributed by atoms with E-state index in [-0.39, 0.29) is 19.0 Å². The molecule has 0 saturated carbocycles. The number of hydrogen-bond acceptors (Lipinski definition) is 7. The molecule has 0 aromatic heterocycles. The molecule has 0 radical (unpaired) electrons. The molecule has 0 spiro atoms. The van der Waals surface area contributed by atoms with Crippen molar-refractivity contribution < 1.29 is 33.2 Å². The zero-order valence-electron chi connectivity index (χ0n) is 20.1. The van der Waals surface area contributed by atoms with E-state index in [2.05, 4.69) is 0 Å². The second-order valence-corrected chi connectivity index (χ2v) is 9.15. The highest BCUT2D eigenvalue weighted by molar-refractivity contribution is 5.69. The van der Waals surface area contributed by atoms with Crippen LogP contribution in [0.15, 0.2) is 60.7 Å². The van der Waals surface area contributed by atoms with E-state index in [1.165, 1.54) is 0 Å². The number of benzene rings is 2. The zero-order chi connectivity index (χ0) is 24.0. The average Bonchev–Trinajstić information content (AvgIpc) is 3.26. The molecule has 0 amide bonds. The third kappa shape index (κ3) is 6.03. The van der Waals surface area contributed by atoms with Crippen LogP contribution in [-0.2, 0) is 46.4 Å². The third-order valence-electron chi connectivity index (χ3n) is 6.04. The Morgan fingerprint density at radius 3 is 2.21 bits per heavy atom. The maximum atomic E-state index is 12.3. The number of fused-ring (bicyclic) bond motifs is 1. The molecular weight excluding hydrogens is 436 g/mol. The smallest absolute Gasteiger partial charge is 0.305 e. The highest BCUT2D eigenvalue weighted by Crippen LogP contribution is 2.46. The lowest BCUT2D eigenvalue weighted by Crippen LogP contribution is -2.50. The van der Waals surface area contributed by atoms with Gasteiger partial charge in [-0.15, -0.1) is 0 Å². The summed E-state index contributed by atoms with van der Waals surface area (Å²) < 4.78 is 36.5. The van der Waals surface area contributed by atoms with Gasteiger partial charge in [-0.05, 0) is 38.3 Å². The van der Waals surface area contributed by atoms with Gasteiger partial charge in [-0.3, -0.25) is 4.79 Å². The number of rotatable bonds is 11. The number of carbonyl (C=O) groups excluding carboxylic acids is 1. The number of hydrogen-bond donors (Lipinski definition) is 0. The topological polar surface area (TPSA) is 72.5 Å². The Kier molecular flexibility index (Phi) is 8.01. The predicted molar refractivity (Wildman–Crippen MR) is 125 cm³/mol. The molecule has 0 unspecified atom stereocenters. The van der Waals surface area contributed by atoms with Crippen molar-refractivity contribution in [1.82, 2.24) is 0 Å². The van der Waals surface area contributed by atoms with Gasteiger partial charge in [0, 0.05) is 6.42 Å². The first-order valence-corrected chi connectivity index (χ1v) is 11.9. The summed E-state index contributed by atoms with van der Waals surface area (Å²) in [4.78, 5) is 12.3. The molecule has 7 nitrogen and oxygen atoms in total. The molecule has 34 heavy (non-hydrogen) atoms. The summed E-state index contributed by atoms with van der Waals surface area (Å²) in [7, 11) is 0. The molecule has 2 aliphatic rings. The molecule has 2 aromatic rings. The van der Waals surface area contributed by atoms with Crippen molar-refractivity contribution in [3.8, 4) is 0 Å². The summed E-state index contributed by atoms with van der Waals surface area (Å²) in [5.41, 5.74) is 1.16. The Bertz CT molecular complexity index is 917. The van der Waals surface area contributed by atoms with Crippen LogP contribution in [0.1, 0.15) is 44.7 Å². The lowest BCUT2D eigenvalue weighted by Gasteiger charge is -2.36. The van der Waals surface area contributed by atoms with Crippen LogP contribution < -0.4 is 0 Å². The molecule has 2 saturated heterocycles. The quantitative estimate of drug-likeness (QED) is 0.451. The minimum Gasteiger partial charge on any atom is -0.466 e. The molecular formula is C27H34O7. The van der Waals surface area contributed by atoms with E-state index in [1.807, 2.05) is 74.5 Å². The van der Waals surface area contributed by atoms with Gasteiger partial charge in [0.2, 0.25) is 0 Å². The lowest BCUT2D eigenvalue weighted by atomic mass is 9.90. The molecule has 0 aliphatic carbocycles. The van der Waals surface area contributed by atoms with Crippen molar-refractivity contribution in [2.75, 3.05) is 13.2 Å². The molecule has 4 atom stereocenters. The Hall–Kier alpha value is -2.29. The average molecular weight is 471 g/mol. The van der Waals surface area contributed by atoms with E-state index in [0.717, 1.165) is 11.1 Å².